The fourth-order valence-electron chi connectivity index (χ4n) is 1.91. The van der Waals surface area contributed by atoms with E-state index < -0.39 is 0 Å². The molecule has 0 aliphatic heterocycles. The van der Waals surface area contributed by atoms with E-state index in [-0.39, 0.29) is 5.91 Å². The minimum atomic E-state index is 0.0186. The molecule has 5 nitrogen and oxygen atoms in total. The highest BCUT2D eigenvalue weighted by molar-refractivity contribution is 9.10. The number of thioether (sulfide) groups is 1. The maximum absolute atomic E-state index is 11.8. The molecule has 0 aliphatic carbocycles. The van der Waals surface area contributed by atoms with Gasteiger partial charge in [0.15, 0.2) is 4.77 Å². The number of nitrogens with zero attached hydrogens (tertiary/aromatic N) is 2. The first-order valence-electron chi connectivity index (χ1n) is 6.89. The summed E-state index contributed by atoms with van der Waals surface area (Å²) in [6.45, 7) is 3.35. The number of carbonyl (C=O) groups is 1. The van der Waals surface area contributed by atoms with Crippen LogP contribution in [0.1, 0.15) is 12.7 Å². The third-order valence-corrected chi connectivity index (χ3v) is 4.86. The van der Waals surface area contributed by atoms with Gasteiger partial charge in [0, 0.05) is 28.9 Å². The van der Waals surface area contributed by atoms with Crippen LogP contribution in [0.25, 0.3) is 0 Å². The van der Waals surface area contributed by atoms with E-state index in [1.165, 1.54) is 11.8 Å². The van der Waals surface area contributed by atoms with Gasteiger partial charge in [-0.1, -0.05) is 15.9 Å². The molecule has 2 N–H and O–H groups in total. The number of H-pyrrole nitrogens is 1. The molecule has 0 unspecified atom stereocenters. The summed E-state index contributed by atoms with van der Waals surface area (Å²) in [6, 6.07) is 7.91. The van der Waals surface area contributed by atoms with Crippen LogP contribution in [0.15, 0.2) is 33.6 Å². The monoisotopic (exact) mass is 400 g/mol. The van der Waals surface area contributed by atoms with Crippen LogP contribution in [-0.2, 0) is 17.8 Å². The Morgan fingerprint density at radius 3 is 2.86 bits per heavy atom. The maximum atomic E-state index is 11.8. The molecule has 0 saturated heterocycles. The molecule has 0 fully saturated rings. The SMILES string of the molecule is CCn1c(CCNC(=O)CSc2ccc(Br)cc2)n[nH]c1=S. The van der Waals surface area contributed by atoms with Crippen LogP contribution in [0.5, 0.6) is 0 Å². The lowest BCUT2D eigenvalue weighted by molar-refractivity contribution is -0.118. The zero-order valence-corrected chi connectivity index (χ0v) is 15.4. The summed E-state index contributed by atoms with van der Waals surface area (Å²) in [5.41, 5.74) is 0. The Balaban J connectivity index is 1.73. The molecule has 0 saturated carbocycles. The van der Waals surface area contributed by atoms with E-state index in [4.69, 9.17) is 12.2 Å². The van der Waals surface area contributed by atoms with Crippen LogP contribution in [0.3, 0.4) is 0 Å². The molecule has 0 bridgehead atoms. The van der Waals surface area contributed by atoms with E-state index in [0.717, 1.165) is 21.7 Å². The number of nitrogens with one attached hydrogen (secondary N) is 2. The van der Waals surface area contributed by atoms with Crippen LogP contribution in [-0.4, -0.2) is 33.0 Å². The van der Waals surface area contributed by atoms with Crippen molar-refractivity contribution in [2.24, 2.45) is 0 Å². The van der Waals surface area contributed by atoms with Crippen molar-refractivity contribution >= 4 is 45.8 Å². The average Bonchev–Trinajstić information content (AvgIpc) is 2.87. The first-order chi connectivity index (χ1) is 10.6. The number of hydrogen-bond donors (Lipinski definition) is 2. The third-order valence-electron chi connectivity index (χ3n) is 3.01. The van der Waals surface area contributed by atoms with Crippen molar-refractivity contribution in [1.82, 2.24) is 20.1 Å². The molecule has 1 heterocycles. The molecule has 1 amide bonds. The van der Waals surface area contributed by atoms with Crippen LogP contribution in [0.2, 0.25) is 0 Å². The van der Waals surface area contributed by atoms with Crippen molar-refractivity contribution in [3.05, 3.63) is 39.3 Å². The molecular weight excluding hydrogens is 384 g/mol. The van der Waals surface area contributed by atoms with Crippen LogP contribution in [0, 0.1) is 4.77 Å². The molecule has 2 aromatic rings. The Morgan fingerprint density at radius 2 is 2.18 bits per heavy atom. The van der Waals surface area contributed by atoms with Crippen molar-refractivity contribution in [1.29, 1.82) is 0 Å². The number of benzene rings is 1. The van der Waals surface area contributed by atoms with Gasteiger partial charge in [-0.3, -0.25) is 9.89 Å². The molecule has 8 heteroatoms. The van der Waals surface area contributed by atoms with Gasteiger partial charge < -0.3 is 9.88 Å². The standard InChI is InChI=1S/C14H17BrN4OS2/c1-2-19-12(17-18-14(19)21)7-8-16-13(20)9-22-11-5-3-10(15)4-6-11/h3-6H,2,7-9H2,1H3,(H,16,20)(H,18,21). The van der Waals surface area contributed by atoms with E-state index >= 15 is 0 Å². The number of rotatable bonds is 7. The van der Waals surface area contributed by atoms with Crippen molar-refractivity contribution in [2.45, 2.75) is 24.8 Å². The summed E-state index contributed by atoms with van der Waals surface area (Å²) in [7, 11) is 0. The first-order valence-corrected chi connectivity index (χ1v) is 9.08. The summed E-state index contributed by atoms with van der Waals surface area (Å²) in [5.74, 6) is 1.29. The van der Waals surface area contributed by atoms with E-state index in [0.29, 0.717) is 23.5 Å². The van der Waals surface area contributed by atoms with Gasteiger partial charge in [0.1, 0.15) is 5.82 Å². The largest absolute Gasteiger partial charge is 0.355 e. The van der Waals surface area contributed by atoms with Crippen molar-refractivity contribution in [3.63, 3.8) is 0 Å². The third kappa shape index (κ3) is 4.96. The van der Waals surface area contributed by atoms with Crippen molar-refractivity contribution in [3.8, 4) is 0 Å². The summed E-state index contributed by atoms with van der Waals surface area (Å²) >= 11 is 10.0. The van der Waals surface area contributed by atoms with E-state index in [1.807, 2.05) is 35.8 Å². The Hall–Kier alpha value is -1.12. The van der Waals surface area contributed by atoms with E-state index in [1.54, 1.807) is 0 Å². The topological polar surface area (TPSA) is 62.7 Å². The van der Waals surface area contributed by atoms with Crippen LogP contribution >= 0.6 is 39.9 Å². The predicted molar refractivity (Wildman–Crippen MR) is 94.7 cm³/mol. The number of halogens is 1. The van der Waals surface area contributed by atoms with Gasteiger partial charge in [0.2, 0.25) is 5.91 Å². The Bertz CT molecular complexity index is 681. The van der Waals surface area contributed by atoms with Gasteiger partial charge in [0.05, 0.1) is 5.75 Å². The molecule has 1 aromatic carbocycles. The second-order valence-electron chi connectivity index (χ2n) is 4.53. The van der Waals surface area contributed by atoms with Gasteiger partial charge in [-0.15, -0.1) is 11.8 Å². The number of aromatic nitrogens is 3. The molecule has 0 spiro atoms. The highest BCUT2D eigenvalue weighted by Crippen LogP contribution is 2.20. The zero-order valence-electron chi connectivity index (χ0n) is 12.1. The lowest BCUT2D eigenvalue weighted by Crippen LogP contribution is -2.28. The fraction of sp³-hybridized carbons (Fsp3) is 0.357. The van der Waals surface area contributed by atoms with Crippen molar-refractivity contribution in [2.75, 3.05) is 12.3 Å². The number of aromatic amines is 1. The maximum Gasteiger partial charge on any atom is 0.230 e. The van der Waals surface area contributed by atoms with Gasteiger partial charge in [0.25, 0.3) is 0 Å². The fourth-order valence-corrected chi connectivity index (χ4v) is 3.18. The minimum absolute atomic E-state index is 0.0186. The first kappa shape index (κ1) is 17.2. The molecule has 0 atom stereocenters. The van der Waals surface area contributed by atoms with Crippen LogP contribution < -0.4 is 5.32 Å². The summed E-state index contributed by atoms with van der Waals surface area (Å²) in [6.07, 6.45) is 0.662. The van der Waals surface area contributed by atoms with E-state index in [9.17, 15) is 4.79 Å². The smallest absolute Gasteiger partial charge is 0.230 e. The molecular formula is C14H17BrN4OS2. The zero-order chi connectivity index (χ0) is 15.9. The second-order valence-corrected chi connectivity index (χ2v) is 6.88. The van der Waals surface area contributed by atoms with Gasteiger partial charge in [-0.05, 0) is 43.4 Å². The molecule has 118 valence electrons. The molecule has 2 rings (SSSR count). The second kappa shape index (κ2) is 8.50. The molecule has 0 radical (unpaired) electrons. The highest BCUT2D eigenvalue weighted by Gasteiger charge is 2.06. The lowest BCUT2D eigenvalue weighted by atomic mass is 10.4. The lowest BCUT2D eigenvalue weighted by Gasteiger charge is -2.06. The van der Waals surface area contributed by atoms with Gasteiger partial charge in [-0.25, -0.2) is 0 Å². The van der Waals surface area contributed by atoms with Gasteiger partial charge >= 0.3 is 0 Å². The number of amides is 1. The van der Waals surface area contributed by atoms with E-state index in [2.05, 4.69) is 31.4 Å². The summed E-state index contributed by atoms with van der Waals surface area (Å²) in [5, 5.41) is 9.85. The summed E-state index contributed by atoms with van der Waals surface area (Å²) in [4.78, 5) is 12.9. The Morgan fingerprint density at radius 1 is 1.45 bits per heavy atom. The van der Waals surface area contributed by atoms with Crippen LogP contribution in [0.4, 0.5) is 0 Å². The summed E-state index contributed by atoms with van der Waals surface area (Å²) < 4.78 is 3.58. The highest BCUT2D eigenvalue weighted by atomic mass is 79.9. The average molecular weight is 401 g/mol. The molecule has 0 aliphatic rings. The predicted octanol–water partition coefficient (Wildman–Crippen LogP) is 3.17. The van der Waals surface area contributed by atoms with Gasteiger partial charge in [-0.2, -0.15) is 5.10 Å². The molecule has 1 aromatic heterocycles. The normalized spacial score (nSPS) is 10.6. The number of hydrogen-bond acceptors (Lipinski definition) is 4. The molecule has 22 heavy (non-hydrogen) atoms. The Kier molecular flexibility index (Phi) is 6.66. The quantitative estimate of drug-likeness (QED) is 0.553. The minimum Gasteiger partial charge on any atom is -0.355 e. The van der Waals surface area contributed by atoms with Crippen molar-refractivity contribution < 1.29 is 4.79 Å². The Labute approximate surface area is 147 Å². The number of carbonyl (C=O) groups excluding carboxylic acids is 1.